The summed E-state index contributed by atoms with van der Waals surface area (Å²) in [6.07, 6.45) is 0.245. The summed E-state index contributed by atoms with van der Waals surface area (Å²) >= 11 is 0. The molecule has 0 heterocycles. The summed E-state index contributed by atoms with van der Waals surface area (Å²) in [5, 5.41) is 3.05. The summed E-state index contributed by atoms with van der Waals surface area (Å²) in [5.74, 6) is 1.37. The van der Waals surface area contributed by atoms with Crippen LogP contribution in [0.4, 0.5) is 0 Å². The van der Waals surface area contributed by atoms with Gasteiger partial charge < -0.3 is 14.8 Å². The standard InChI is InChI=1S/C20H25NO3/c1-5-19(16-8-12-17(23-4)13-9-16)21-20(22)15(3)24-18-10-6-14(2)7-11-18/h6-13,15,19H,5H2,1-4H3,(H,21,22)/t15-,19-/m1/s1. The largest absolute Gasteiger partial charge is 0.497 e. The van der Waals surface area contributed by atoms with E-state index < -0.39 is 6.10 Å². The molecule has 1 N–H and O–H groups in total. The highest BCUT2D eigenvalue weighted by Crippen LogP contribution is 2.20. The van der Waals surface area contributed by atoms with Crippen LogP contribution in [0.1, 0.15) is 37.4 Å². The third-order valence-electron chi connectivity index (χ3n) is 3.95. The Kier molecular flexibility index (Phi) is 6.24. The van der Waals surface area contributed by atoms with E-state index in [9.17, 15) is 4.79 Å². The van der Waals surface area contributed by atoms with Gasteiger partial charge in [-0.25, -0.2) is 0 Å². The van der Waals surface area contributed by atoms with E-state index in [4.69, 9.17) is 9.47 Å². The number of carbonyl (C=O) groups excluding carboxylic acids is 1. The Morgan fingerprint density at radius 1 is 1.04 bits per heavy atom. The monoisotopic (exact) mass is 327 g/mol. The lowest BCUT2D eigenvalue weighted by Gasteiger charge is -2.21. The Balaban J connectivity index is 1.98. The molecule has 0 bridgehead atoms. The SMILES string of the molecule is CC[C@@H](NC(=O)[C@@H](C)Oc1ccc(C)cc1)c1ccc(OC)cc1. The van der Waals surface area contributed by atoms with Gasteiger partial charge in [-0.05, 0) is 50.1 Å². The maximum atomic E-state index is 12.4. The summed E-state index contributed by atoms with van der Waals surface area (Å²) in [6.45, 7) is 5.82. The van der Waals surface area contributed by atoms with Crippen molar-refractivity contribution < 1.29 is 14.3 Å². The minimum atomic E-state index is -0.556. The number of carbonyl (C=O) groups is 1. The molecule has 0 aromatic heterocycles. The van der Waals surface area contributed by atoms with Gasteiger partial charge in [-0.2, -0.15) is 0 Å². The minimum absolute atomic E-state index is 0.0486. The van der Waals surface area contributed by atoms with Gasteiger partial charge in [-0.3, -0.25) is 4.79 Å². The van der Waals surface area contributed by atoms with Crippen LogP contribution in [-0.4, -0.2) is 19.1 Å². The lowest BCUT2D eigenvalue weighted by atomic mass is 10.0. The van der Waals surface area contributed by atoms with E-state index in [2.05, 4.69) is 5.32 Å². The number of amides is 1. The second-order valence-corrected chi connectivity index (χ2v) is 5.82. The Morgan fingerprint density at radius 2 is 1.62 bits per heavy atom. The minimum Gasteiger partial charge on any atom is -0.497 e. The number of ether oxygens (including phenoxy) is 2. The first-order valence-corrected chi connectivity index (χ1v) is 8.21. The molecule has 2 aromatic carbocycles. The van der Waals surface area contributed by atoms with E-state index in [1.807, 2.05) is 62.4 Å². The highest BCUT2D eigenvalue weighted by atomic mass is 16.5. The van der Waals surface area contributed by atoms with Crippen molar-refractivity contribution in [3.63, 3.8) is 0 Å². The van der Waals surface area contributed by atoms with Crippen molar-refractivity contribution in [2.75, 3.05) is 7.11 Å². The Labute approximate surface area is 143 Å². The number of hydrogen-bond acceptors (Lipinski definition) is 3. The average molecular weight is 327 g/mol. The molecule has 0 aliphatic rings. The van der Waals surface area contributed by atoms with Crippen LogP contribution in [0.15, 0.2) is 48.5 Å². The zero-order valence-electron chi connectivity index (χ0n) is 14.7. The molecule has 128 valence electrons. The molecule has 0 spiro atoms. The number of aryl methyl sites for hydroxylation is 1. The van der Waals surface area contributed by atoms with E-state index in [0.717, 1.165) is 23.3 Å². The Morgan fingerprint density at radius 3 is 2.17 bits per heavy atom. The van der Waals surface area contributed by atoms with Crippen molar-refractivity contribution in [2.24, 2.45) is 0 Å². The molecular formula is C20H25NO3. The lowest BCUT2D eigenvalue weighted by molar-refractivity contribution is -0.128. The molecule has 2 rings (SSSR count). The Hall–Kier alpha value is -2.49. The normalized spacial score (nSPS) is 13.0. The summed E-state index contributed by atoms with van der Waals surface area (Å²) in [7, 11) is 1.64. The van der Waals surface area contributed by atoms with Crippen LogP contribution in [0.3, 0.4) is 0 Å². The second kappa shape index (κ2) is 8.39. The van der Waals surface area contributed by atoms with Crippen LogP contribution in [0.2, 0.25) is 0 Å². The van der Waals surface area contributed by atoms with Gasteiger partial charge in [0.1, 0.15) is 11.5 Å². The van der Waals surface area contributed by atoms with Crippen molar-refractivity contribution >= 4 is 5.91 Å². The maximum Gasteiger partial charge on any atom is 0.261 e. The zero-order valence-corrected chi connectivity index (χ0v) is 14.7. The fourth-order valence-corrected chi connectivity index (χ4v) is 2.42. The molecule has 4 heteroatoms. The number of hydrogen-bond donors (Lipinski definition) is 1. The predicted octanol–water partition coefficient (Wildman–Crippen LogP) is 4.04. The summed E-state index contributed by atoms with van der Waals surface area (Å²) in [6, 6.07) is 15.4. The summed E-state index contributed by atoms with van der Waals surface area (Å²) in [4.78, 5) is 12.4. The van der Waals surface area contributed by atoms with Gasteiger partial charge >= 0.3 is 0 Å². The third kappa shape index (κ3) is 4.75. The van der Waals surface area contributed by atoms with Crippen LogP contribution >= 0.6 is 0 Å². The quantitative estimate of drug-likeness (QED) is 0.835. The van der Waals surface area contributed by atoms with Gasteiger partial charge in [0.25, 0.3) is 5.91 Å². The van der Waals surface area contributed by atoms with Gasteiger partial charge in [0, 0.05) is 0 Å². The van der Waals surface area contributed by atoms with Crippen molar-refractivity contribution in [2.45, 2.75) is 39.3 Å². The van der Waals surface area contributed by atoms with Crippen molar-refractivity contribution in [3.05, 3.63) is 59.7 Å². The molecule has 2 aromatic rings. The first-order chi connectivity index (χ1) is 11.5. The van der Waals surface area contributed by atoms with E-state index >= 15 is 0 Å². The first kappa shape index (κ1) is 17.9. The molecule has 24 heavy (non-hydrogen) atoms. The van der Waals surface area contributed by atoms with E-state index in [1.165, 1.54) is 0 Å². The second-order valence-electron chi connectivity index (χ2n) is 5.82. The molecule has 4 nitrogen and oxygen atoms in total. The molecule has 0 unspecified atom stereocenters. The molecule has 2 atom stereocenters. The van der Waals surface area contributed by atoms with E-state index in [1.54, 1.807) is 14.0 Å². The number of nitrogens with one attached hydrogen (secondary N) is 1. The molecule has 1 amide bonds. The van der Waals surface area contributed by atoms with E-state index in [-0.39, 0.29) is 11.9 Å². The topological polar surface area (TPSA) is 47.6 Å². The van der Waals surface area contributed by atoms with Crippen LogP contribution in [0.25, 0.3) is 0 Å². The fraction of sp³-hybridized carbons (Fsp3) is 0.350. The van der Waals surface area contributed by atoms with Crippen molar-refractivity contribution in [1.82, 2.24) is 5.32 Å². The summed E-state index contributed by atoms with van der Waals surface area (Å²) < 4.78 is 10.9. The van der Waals surface area contributed by atoms with Crippen LogP contribution in [0, 0.1) is 6.92 Å². The molecular weight excluding hydrogens is 302 g/mol. The number of rotatable bonds is 7. The van der Waals surface area contributed by atoms with E-state index in [0.29, 0.717) is 5.75 Å². The molecule has 0 radical (unpaired) electrons. The van der Waals surface area contributed by atoms with Crippen LogP contribution in [0.5, 0.6) is 11.5 Å². The smallest absolute Gasteiger partial charge is 0.261 e. The predicted molar refractivity (Wildman–Crippen MR) is 95.4 cm³/mol. The molecule has 0 saturated heterocycles. The number of benzene rings is 2. The molecule has 0 aliphatic carbocycles. The van der Waals surface area contributed by atoms with Gasteiger partial charge in [0.2, 0.25) is 0 Å². The first-order valence-electron chi connectivity index (χ1n) is 8.21. The van der Waals surface area contributed by atoms with Gasteiger partial charge in [-0.1, -0.05) is 36.8 Å². The highest BCUT2D eigenvalue weighted by molar-refractivity contribution is 5.81. The third-order valence-corrected chi connectivity index (χ3v) is 3.95. The molecule has 0 saturated carbocycles. The van der Waals surface area contributed by atoms with Crippen LogP contribution in [-0.2, 0) is 4.79 Å². The fourth-order valence-electron chi connectivity index (χ4n) is 2.42. The maximum absolute atomic E-state index is 12.4. The average Bonchev–Trinajstić information content (AvgIpc) is 2.61. The Bertz CT molecular complexity index is 650. The zero-order chi connectivity index (χ0) is 17.5. The number of methoxy groups -OCH3 is 1. The van der Waals surface area contributed by atoms with Crippen molar-refractivity contribution in [3.8, 4) is 11.5 Å². The van der Waals surface area contributed by atoms with Gasteiger partial charge in [0.05, 0.1) is 13.2 Å². The summed E-state index contributed by atoms with van der Waals surface area (Å²) in [5.41, 5.74) is 2.21. The van der Waals surface area contributed by atoms with Crippen molar-refractivity contribution in [1.29, 1.82) is 0 Å². The van der Waals surface area contributed by atoms with Crippen LogP contribution < -0.4 is 14.8 Å². The lowest BCUT2D eigenvalue weighted by Crippen LogP contribution is -2.38. The highest BCUT2D eigenvalue weighted by Gasteiger charge is 2.19. The van der Waals surface area contributed by atoms with Gasteiger partial charge in [0.15, 0.2) is 6.10 Å². The van der Waals surface area contributed by atoms with Gasteiger partial charge in [-0.15, -0.1) is 0 Å². The molecule has 0 fully saturated rings. The molecule has 0 aliphatic heterocycles.